The number of carbonyl (C=O) groups is 2. The minimum atomic E-state index is -1.92. The lowest BCUT2D eigenvalue weighted by Gasteiger charge is -2.36. The fourth-order valence-corrected chi connectivity index (χ4v) is 5.28. The van der Waals surface area contributed by atoms with Gasteiger partial charge in [-0.25, -0.2) is 0 Å². The molecule has 3 aromatic rings. The van der Waals surface area contributed by atoms with Gasteiger partial charge >= 0.3 is 0 Å². The van der Waals surface area contributed by atoms with Crippen LogP contribution in [0.25, 0.3) is 0 Å². The van der Waals surface area contributed by atoms with E-state index in [0.29, 0.717) is 39.3 Å². The van der Waals surface area contributed by atoms with Crippen molar-refractivity contribution in [2.24, 2.45) is 0 Å². The molecule has 2 N–H and O–H groups in total. The number of anilines is 3. The molecule has 1 heterocycles. The van der Waals surface area contributed by atoms with Gasteiger partial charge in [0.05, 0.1) is 50.9 Å². The summed E-state index contributed by atoms with van der Waals surface area (Å²) in [4.78, 5) is 27.7. The van der Waals surface area contributed by atoms with Crippen LogP contribution in [0.1, 0.15) is 46.4 Å². The van der Waals surface area contributed by atoms with Gasteiger partial charge in [-0.15, -0.1) is 11.3 Å². The van der Waals surface area contributed by atoms with Crippen LogP contribution in [0, 0.1) is 22.8 Å². The number of rotatable bonds is 9. The summed E-state index contributed by atoms with van der Waals surface area (Å²) in [6.07, 6.45) is 2.19. The van der Waals surface area contributed by atoms with Crippen molar-refractivity contribution in [2.75, 3.05) is 28.7 Å². The molecule has 3 rings (SSSR count). The fraction of sp³-hybridized carbons (Fsp3) is 0.286. The van der Waals surface area contributed by atoms with Gasteiger partial charge in [0.2, 0.25) is 0 Å². The van der Waals surface area contributed by atoms with Crippen molar-refractivity contribution in [1.29, 1.82) is 10.5 Å². The quantitative estimate of drug-likeness (QED) is 0.159. The summed E-state index contributed by atoms with van der Waals surface area (Å²) in [6, 6.07) is 16.5. The molecule has 0 aliphatic rings. The van der Waals surface area contributed by atoms with Crippen molar-refractivity contribution in [1.82, 2.24) is 0 Å². The van der Waals surface area contributed by atoms with Gasteiger partial charge in [0.15, 0.2) is 14.5 Å². The first kappa shape index (κ1) is 29.9. The highest BCUT2D eigenvalue weighted by atomic mass is 35.5. The summed E-state index contributed by atoms with van der Waals surface area (Å²) in [5.74, 6) is -0.902. The molecule has 0 saturated heterocycles. The molecule has 0 spiro atoms. The van der Waals surface area contributed by atoms with E-state index < -0.39 is 20.1 Å². The molecule has 11 heteroatoms. The van der Waals surface area contributed by atoms with E-state index in [9.17, 15) is 20.1 Å². The van der Waals surface area contributed by atoms with Gasteiger partial charge in [0.25, 0.3) is 11.8 Å². The molecule has 0 fully saturated rings. The largest absolute Gasteiger partial charge is 0.415 e. The summed E-state index contributed by atoms with van der Waals surface area (Å²) in [6.45, 7) is 11.7. The van der Waals surface area contributed by atoms with Gasteiger partial charge in [-0.3, -0.25) is 14.5 Å². The van der Waals surface area contributed by atoms with Crippen LogP contribution in [0.4, 0.5) is 17.1 Å². The zero-order chi connectivity index (χ0) is 28.8. The molecular formula is C28H30ClN5O3SSi. The Balaban J connectivity index is 1.70. The summed E-state index contributed by atoms with van der Waals surface area (Å²) in [7, 11) is -1.92. The van der Waals surface area contributed by atoms with Crippen LogP contribution in [0.5, 0.6) is 0 Å². The van der Waals surface area contributed by atoms with Crippen LogP contribution in [0.3, 0.4) is 0 Å². The zero-order valence-electron chi connectivity index (χ0n) is 22.5. The molecule has 1 aromatic heterocycles. The van der Waals surface area contributed by atoms with E-state index in [1.807, 2.05) is 6.07 Å². The normalized spacial score (nSPS) is 11.3. The maximum atomic E-state index is 13.1. The van der Waals surface area contributed by atoms with Crippen molar-refractivity contribution in [3.05, 3.63) is 74.9 Å². The SMILES string of the molecule is CC(C)(C)[Si](C)(C)OCCN(C#N)c1ccc(NC(=O)c2ccc(C#N)cc2NC(=O)c2ccc(Cl)s2)cc1. The Kier molecular flexibility index (Phi) is 9.54. The number of nitrogens with one attached hydrogen (secondary N) is 2. The van der Waals surface area contributed by atoms with E-state index in [-0.39, 0.29) is 16.3 Å². The first-order valence-electron chi connectivity index (χ1n) is 12.2. The van der Waals surface area contributed by atoms with Gasteiger partial charge < -0.3 is 15.1 Å². The van der Waals surface area contributed by atoms with Gasteiger partial charge in [0, 0.05) is 5.69 Å². The molecule has 8 nitrogen and oxygen atoms in total. The molecule has 202 valence electrons. The van der Waals surface area contributed by atoms with Crippen LogP contribution in [-0.2, 0) is 4.43 Å². The summed E-state index contributed by atoms with van der Waals surface area (Å²) < 4.78 is 6.65. The van der Waals surface area contributed by atoms with E-state index in [4.69, 9.17) is 16.0 Å². The van der Waals surface area contributed by atoms with E-state index in [2.05, 4.69) is 50.7 Å². The average molecular weight is 580 g/mol. The first-order valence-corrected chi connectivity index (χ1v) is 16.3. The second kappa shape index (κ2) is 12.5. The summed E-state index contributed by atoms with van der Waals surface area (Å²) >= 11 is 7.04. The van der Waals surface area contributed by atoms with Crippen molar-refractivity contribution >= 4 is 60.1 Å². The Morgan fingerprint density at radius 2 is 1.72 bits per heavy atom. The molecule has 0 aliphatic carbocycles. The lowest BCUT2D eigenvalue weighted by Crippen LogP contribution is -2.42. The highest BCUT2D eigenvalue weighted by Crippen LogP contribution is 2.36. The number of thiophene rings is 1. The van der Waals surface area contributed by atoms with Gasteiger partial charge in [-0.2, -0.15) is 10.5 Å². The number of benzene rings is 2. The molecule has 0 saturated carbocycles. The second-order valence-electron chi connectivity index (χ2n) is 10.3. The van der Waals surface area contributed by atoms with Crippen molar-refractivity contribution in [2.45, 2.75) is 38.9 Å². The second-order valence-corrected chi connectivity index (χ2v) is 16.8. The molecule has 0 atom stereocenters. The Morgan fingerprint density at radius 1 is 1.03 bits per heavy atom. The molecule has 0 radical (unpaired) electrons. The number of nitriles is 2. The first-order chi connectivity index (χ1) is 18.3. The number of carbonyl (C=O) groups excluding carboxylic acids is 2. The topological polar surface area (TPSA) is 118 Å². The van der Waals surface area contributed by atoms with Gasteiger partial charge in [0.1, 0.15) is 0 Å². The Bertz CT molecular complexity index is 1440. The minimum absolute atomic E-state index is 0.0829. The smallest absolute Gasteiger partial charge is 0.265 e. The molecule has 0 unspecified atom stereocenters. The third-order valence-corrected chi connectivity index (χ3v) is 12.3. The molecule has 2 amide bonds. The lowest BCUT2D eigenvalue weighted by molar-refractivity contribution is 0.102. The lowest BCUT2D eigenvalue weighted by atomic mass is 10.1. The van der Waals surface area contributed by atoms with Crippen molar-refractivity contribution in [3.8, 4) is 12.3 Å². The molecule has 39 heavy (non-hydrogen) atoms. The number of hydrogen-bond acceptors (Lipinski definition) is 7. The Morgan fingerprint density at radius 3 is 2.28 bits per heavy atom. The van der Waals surface area contributed by atoms with Crippen LogP contribution in [-0.4, -0.2) is 33.3 Å². The number of halogens is 1. The zero-order valence-corrected chi connectivity index (χ0v) is 25.0. The van der Waals surface area contributed by atoms with Crippen LogP contribution in [0.15, 0.2) is 54.6 Å². The Labute approximate surface area is 238 Å². The van der Waals surface area contributed by atoms with Gasteiger partial charge in [-0.1, -0.05) is 32.4 Å². The van der Waals surface area contributed by atoms with Gasteiger partial charge in [-0.05, 0) is 72.7 Å². The number of hydrogen-bond donors (Lipinski definition) is 2. The molecule has 0 aliphatic heterocycles. The number of amides is 2. The highest BCUT2D eigenvalue weighted by molar-refractivity contribution is 7.18. The van der Waals surface area contributed by atoms with Crippen LogP contribution < -0.4 is 15.5 Å². The monoisotopic (exact) mass is 579 g/mol. The highest BCUT2D eigenvalue weighted by Gasteiger charge is 2.37. The van der Waals surface area contributed by atoms with E-state index in [1.165, 1.54) is 18.2 Å². The predicted octanol–water partition coefficient (Wildman–Crippen LogP) is 7.09. The molecule has 0 bridgehead atoms. The van der Waals surface area contributed by atoms with Crippen LogP contribution in [0.2, 0.25) is 22.5 Å². The maximum Gasteiger partial charge on any atom is 0.265 e. The predicted molar refractivity (Wildman–Crippen MR) is 159 cm³/mol. The minimum Gasteiger partial charge on any atom is -0.415 e. The van der Waals surface area contributed by atoms with E-state index in [1.54, 1.807) is 41.3 Å². The Hall–Kier alpha value is -3.67. The third-order valence-electron chi connectivity index (χ3n) is 6.58. The number of nitrogens with zero attached hydrogens (tertiary/aromatic N) is 3. The average Bonchev–Trinajstić information content (AvgIpc) is 3.33. The summed E-state index contributed by atoms with van der Waals surface area (Å²) in [5.41, 5.74) is 1.87. The molecular weight excluding hydrogens is 550 g/mol. The fourth-order valence-electron chi connectivity index (χ4n) is 3.30. The van der Waals surface area contributed by atoms with Crippen molar-refractivity contribution < 1.29 is 14.0 Å². The summed E-state index contributed by atoms with van der Waals surface area (Å²) in [5, 5.41) is 24.5. The molecule has 2 aromatic carbocycles. The van der Waals surface area contributed by atoms with Crippen molar-refractivity contribution in [3.63, 3.8) is 0 Å². The standard InChI is InChI=1S/C28H30ClN5O3SSi/c1-28(2,3)39(4,5)37-15-14-34(18-31)21-9-7-20(8-10-21)32-26(35)22-11-6-19(17-30)16-23(22)33-27(36)24-12-13-25(29)38-24/h6-13,16H,14-15H2,1-5H3,(H,32,35)(H,33,36). The maximum absolute atomic E-state index is 13.1. The third kappa shape index (κ3) is 7.68. The van der Waals surface area contributed by atoms with Crippen LogP contribution >= 0.6 is 22.9 Å². The van der Waals surface area contributed by atoms with E-state index >= 15 is 0 Å². The van der Waals surface area contributed by atoms with E-state index in [0.717, 1.165) is 11.3 Å².